The van der Waals surface area contributed by atoms with Crippen LogP contribution >= 0.6 is 34.8 Å². The zero-order chi connectivity index (χ0) is 26.0. The number of hydrogen-bond acceptors (Lipinski definition) is 4. The number of anilines is 2. The SMILES string of the molecule is CC(=O)N(CC(=O)N(C)c1ccc(Cl)c(COc2cccn3c(Cl)c(C)nc23)c1Cl)c1ccccc1. The molecule has 0 N–H and O–H groups in total. The van der Waals surface area contributed by atoms with Crippen molar-refractivity contribution in [2.75, 3.05) is 23.4 Å². The molecule has 10 heteroatoms. The molecule has 2 aromatic carbocycles. The molecular weight excluding hydrogens is 523 g/mol. The van der Waals surface area contributed by atoms with Crippen LogP contribution in [0.3, 0.4) is 0 Å². The molecule has 0 saturated heterocycles. The van der Waals surface area contributed by atoms with Crippen LogP contribution in [0.2, 0.25) is 15.2 Å². The Morgan fingerprint density at radius 2 is 1.75 bits per heavy atom. The summed E-state index contributed by atoms with van der Waals surface area (Å²) in [5, 5.41) is 1.17. The maximum Gasteiger partial charge on any atom is 0.246 e. The standard InChI is InChI=1S/C26H23Cl3N4O3/c1-16-25(29)32-13-7-10-22(26(32)30-16)36-15-19-20(27)11-12-21(24(19)28)31(3)23(35)14-33(17(2)34)18-8-5-4-6-9-18/h4-13H,14-15H2,1-3H3. The number of aromatic nitrogens is 2. The number of carbonyl (C=O) groups is 2. The summed E-state index contributed by atoms with van der Waals surface area (Å²) in [6.45, 7) is 3.12. The number of para-hydroxylation sites is 1. The third-order valence-electron chi connectivity index (χ3n) is 5.73. The Morgan fingerprint density at radius 3 is 2.44 bits per heavy atom. The summed E-state index contributed by atoms with van der Waals surface area (Å²) in [5.74, 6) is -0.0606. The maximum absolute atomic E-state index is 13.1. The van der Waals surface area contributed by atoms with Gasteiger partial charge in [0.25, 0.3) is 0 Å². The molecule has 186 valence electrons. The Morgan fingerprint density at radius 1 is 1.03 bits per heavy atom. The number of likely N-dealkylation sites (N-methyl/N-ethyl adjacent to an activating group) is 1. The Hall–Kier alpha value is -3.26. The van der Waals surface area contributed by atoms with Gasteiger partial charge in [0.05, 0.1) is 16.4 Å². The van der Waals surface area contributed by atoms with Gasteiger partial charge < -0.3 is 14.5 Å². The van der Waals surface area contributed by atoms with Crippen molar-refractivity contribution >= 4 is 63.6 Å². The predicted octanol–water partition coefficient (Wildman–Crippen LogP) is 6.20. The van der Waals surface area contributed by atoms with Gasteiger partial charge in [0.2, 0.25) is 11.8 Å². The quantitative estimate of drug-likeness (QED) is 0.277. The lowest BCUT2D eigenvalue weighted by Crippen LogP contribution is -2.41. The van der Waals surface area contributed by atoms with E-state index in [1.807, 2.05) is 13.0 Å². The lowest BCUT2D eigenvalue weighted by molar-refractivity contribution is -0.121. The normalized spacial score (nSPS) is 10.9. The van der Waals surface area contributed by atoms with E-state index in [0.29, 0.717) is 44.2 Å². The molecule has 7 nitrogen and oxygen atoms in total. The summed E-state index contributed by atoms with van der Waals surface area (Å²) in [7, 11) is 1.60. The lowest BCUT2D eigenvalue weighted by atomic mass is 10.2. The number of amides is 2. The summed E-state index contributed by atoms with van der Waals surface area (Å²) < 4.78 is 7.75. The predicted molar refractivity (Wildman–Crippen MR) is 144 cm³/mol. The summed E-state index contributed by atoms with van der Waals surface area (Å²) in [5.41, 5.74) is 2.84. The van der Waals surface area contributed by atoms with E-state index >= 15 is 0 Å². The van der Waals surface area contributed by atoms with E-state index in [4.69, 9.17) is 39.5 Å². The molecule has 0 saturated carbocycles. The van der Waals surface area contributed by atoms with Gasteiger partial charge in [0.1, 0.15) is 18.3 Å². The smallest absolute Gasteiger partial charge is 0.246 e. The molecule has 2 amide bonds. The van der Waals surface area contributed by atoms with Crippen LogP contribution in [-0.4, -0.2) is 34.8 Å². The van der Waals surface area contributed by atoms with Gasteiger partial charge in [-0.25, -0.2) is 4.98 Å². The fraction of sp³-hybridized carbons (Fsp3) is 0.192. The molecule has 0 aliphatic rings. The van der Waals surface area contributed by atoms with Gasteiger partial charge in [0, 0.05) is 36.4 Å². The molecule has 0 spiro atoms. The number of nitrogens with zero attached hydrogens (tertiary/aromatic N) is 4. The number of hydrogen-bond donors (Lipinski definition) is 0. The fourth-order valence-corrected chi connectivity index (χ4v) is 4.52. The highest BCUT2D eigenvalue weighted by molar-refractivity contribution is 6.38. The van der Waals surface area contributed by atoms with Crippen molar-refractivity contribution in [3.8, 4) is 5.75 Å². The maximum atomic E-state index is 13.1. The van der Waals surface area contributed by atoms with Crippen LogP contribution in [0.15, 0.2) is 60.8 Å². The first-order valence-corrected chi connectivity index (χ1v) is 12.1. The molecule has 4 aromatic rings. The molecule has 4 rings (SSSR count). The van der Waals surface area contributed by atoms with Gasteiger partial charge >= 0.3 is 0 Å². The number of pyridine rings is 1. The molecule has 0 aliphatic heterocycles. The summed E-state index contributed by atoms with van der Waals surface area (Å²) >= 11 is 19.4. The molecule has 0 aliphatic carbocycles. The molecule has 0 radical (unpaired) electrons. The first kappa shape index (κ1) is 25.8. The van der Waals surface area contributed by atoms with Crippen molar-refractivity contribution in [1.29, 1.82) is 0 Å². The third-order valence-corrected chi connectivity index (χ3v) is 6.96. The van der Waals surface area contributed by atoms with E-state index in [1.165, 1.54) is 16.7 Å². The second kappa shape index (κ2) is 10.8. The summed E-state index contributed by atoms with van der Waals surface area (Å²) in [6.07, 6.45) is 1.80. The Labute approximate surface area is 223 Å². The average molecular weight is 546 g/mol. The van der Waals surface area contributed by atoms with Gasteiger partial charge in [-0.1, -0.05) is 53.0 Å². The minimum Gasteiger partial charge on any atom is -0.485 e. The number of carbonyl (C=O) groups excluding carboxylic acids is 2. The fourth-order valence-electron chi connectivity index (χ4n) is 3.73. The zero-order valence-electron chi connectivity index (χ0n) is 19.8. The molecule has 2 heterocycles. The summed E-state index contributed by atoms with van der Waals surface area (Å²) in [4.78, 5) is 32.6. The molecular formula is C26H23Cl3N4O3. The number of ether oxygens (including phenoxy) is 1. The highest BCUT2D eigenvalue weighted by Gasteiger charge is 2.23. The highest BCUT2D eigenvalue weighted by atomic mass is 35.5. The van der Waals surface area contributed by atoms with Crippen molar-refractivity contribution in [2.24, 2.45) is 0 Å². The van der Waals surface area contributed by atoms with Crippen molar-refractivity contribution in [3.63, 3.8) is 0 Å². The monoisotopic (exact) mass is 544 g/mol. The Balaban J connectivity index is 1.56. The molecule has 0 unspecified atom stereocenters. The number of halogens is 3. The van der Waals surface area contributed by atoms with Crippen LogP contribution in [0, 0.1) is 6.92 Å². The lowest BCUT2D eigenvalue weighted by Gasteiger charge is -2.26. The van der Waals surface area contributed by atoms with Gasteiger partial charge in [-0.15, -0.1) is 0 Å². The number of fused-ring (bicyclic) bond motifs is 1. The van der Waals surface area contributed by atoms with Gasteiger partial charge in [-0.2, -0.15) is 0 Å². The van der Waals surface area contributed by atoms with Crippen LogP contribution in [0.25, 0.3) is 5.65 Å². The second-order valence-electron chi connectivity index (χ2n) is 8.10. The molecule has 2 aromatic heterocycles. The number of rotatable bonds is 7. The van der Waals surface area contributed by atoms with Crippen molar-refractivity contribution in [3.05, 3.63) is 87.2 Å². The van der Waals surface area contributed by atoms with Gasteiger partial charge in [-0.05, 0) is 43.3 Å². The van der Waals surface area contributed by atoms with E-state index in [1.54, 1.807) is 66.2 Å². The number of imidazole rings is 1. The van der Waals surface area contributed by atoms with Gasteiger partial charge in [0.15, 0.2) is 11.4 Å². The van der Waals surface area contributed by atoms with E-state index in [2.05, 4.69) is 4.98 Å². The zero-order valence-corrected chi connectivity index (χ0v) is 22.1. The van der Waals surface area contributed by atoms with Crippen LogP contribution < -0.4 is 14.5 Å². The van der Waals surface area contributed by atoms with Crippen molar-refractivity contribution in [2.45, 2.75) is 20.5 Å². The largest absolute Gasteiger partial charge is 0.485 e. The molecule has 36 heavy (non-hydrogen) atoms. The van der Waals surface area contributed by atoms with E-state index in [9.17, 15) is 9.59 Å². The van der Waals surface area contributed by atoms with Crippen LogP contribution in [-0.2, 0) is 16.2 Å². The first-order chi connectivity index (χ1) is 17.2. The minimum absolute atomic E-state index is 0.0420. The van der Waals surface area contributed by atoms with Crippen LogP contribution in [0.4, 0.5) is 11.4 Å². The summed E-state index contributed by atoms with van der Waals surface area (Å²) in [6, 6.07) is 15.9. The van der Waals surface area contributed by atoms with Crippen molar-refractivity contribution in [1.82, 2.24) is 9.38 Å². The topological polar surface area (TPSA) is 67.2 Å². The molecule has 0 bridgehead atoms. The Bertz CT molecular complexity index is 1440. The average Bonchev–Trinajstić information content (AvgIpc) is 3.16. The third kappa shape index (κ3) is 5.14. The first-order valence-electron chi connectivity index (χ1n) is 11.0. The Kier molecular flexibility index (Phi) is 7.73. The van der Waals surface area contributed by atoms with E-state index in [-0.39, 0.29) is 30.0 Å². The van der Waals surface area contributed by atoms with Crippen LogP contribution in [0.1, 0.15) is 18.2 Å². The van der Waals surface area contributed by atoms with Crippen molar-refractivity contribution < 1.29 is 14.3 Å². The molecule has 0 atom stereocenters. The van der Waals surface area contributed by atoms with Gasteiger partial charge in [-0.3, -0.25) is 14.0 Å². The van der Waals surface area contributed by atoms with E-state index in [0.717, 1.165) is 0 Å². The van der Waals surface area contributed by atoms with E-state index < -0.39 is 0 Å². The minimum atomic E-state index is -0.322. The number of aryl methyl sites for hydroxylation is 1. The highest BCUT2D eigenvalue weighted by Crippen LogP contribution is 2.35. The second-order valence-corrected chi connectivity index (χ2v) is 9.24. The number of benzene rings is 2. The van der Waals surface area contributed by atoms with Crippen LogP contribution in [0.5, 0.6) is 5.75 Å². The molecule has 0 fully saturated rings.